The lowest BCUT2D eigenvalue weighted by atomic mass is 9.77. The van der Waals surface area contributed by atoms with Gasteiger partial charge in [-0.1, -0.05) is 192 Å². The van der Waals surface area contributed by atoms with Crippen molar-refractivity contribution in [2.75, 3.05) is 18.2 Å². The van der Waals surface area contributed by atoms with Crippen LogP contribution in [0.1, 0.15) is 46.5 Å². The molecule has 62 heavy (non-hydrogen) atoms. The van der Waals surface area contributed by atoms with Crippen LogP contribution in [0.3, 0.4) is 0 Å². The number of anilines is 1. The fraction of sp³-hybridized carbons (Fsp3) is 0.149. The number of esters is 1. The van der Waals surface area contributed by atoms with E-state index < -0.39 is 40.8 Å². The third-order valence-electron chi connectivity index (χ3n) is 10.2. The van der Waals surface area contributed by atoms with Crippen LogP contribution < -0.4 is 10.6 Å². The van der Waals surface area contributed by atoms with Crippen LogP contribution in [0, 0.1) is 0 Å². The number of amides is 2. The van der Waals surface area contributed by atoms with E-state index in [9.17, 15) is 19.2 Å². The van der Waals surface area contributed by atoms with E-state index in [1.807, 2.05) is 152 Å². The summed E-state index contributed by atoms with van der Waals surface area (Å²) in [7, 11) is 1.29. The molecule has 0 spiro atoms. The number of hydrogen-bond acceptors (Lipinski definition) is 12. The molecule has 6 aromatic rings. The highest BCUT2D eigenvalue weighted by molar-refractivity contribution is 8.17. The van der Waals surface area contributed by atoms with Crippen molar-refractivity contribution in [3.63, 3.8) is 0 Å². The van der Waals surface area contributed by atoms with Crippen molar-refractivity contribution < 1.29 is 28.8 Å². The van der Waals surface area contributed by atoms with Gasteiger partial charge in [-0.3, -0.25) is 19.3 Å². The summed E-state index contributed by atoms with van der Waals surface area (Å²) in [6, 6.07) is 47.3. The first-order valence-electron chi connectivity index (χ1n) is 19.4. The maximum Gasteiger partial charge on any atom is 0.356 e. The number of aromatic nitrogens is 1. The number of fused-ring (bicyclic) bond motifs is 1. The smallest absolute Gasteiger partial charge is 0.356 e. The minimum absolute atomic E-state index is 0.0379. The standard InChI is InChI=1S/C47H38ClN5O6S3/c1-29(54)61-35-28-60-44-38(43(56)53(44)39(35)45(57)59-40(30-18-8-3-9-19-30)31-20-10-4-11-21-31)49-42(55)37(52-58-2)36-41(48)62-46(50-36)51-47(32-22-12-5-13-23-32,33-24-14-6-15-25-33)34-26-16-7-17-27-34/h3-27,38,40,44H,28H2,1-2H3,(H,49,55)(H,50,51)/b52-37+. The number of rotatable bonds is 14. The third-order valence-corrected chi connectivity index (χ3v) is 13.7. The van der Waals surface area contributed by atoms with Gasteiger partial charge in [0.25, 0.3) is 11.8 Å². The minimum atomic E-state index is -1.07. The zero-order valence-electron chi connectivity index (χ0n) is 33.3. The van der Waals surface area contributed by atoms with Gasteiger partial charge in [-0.2, -0.15) is 0 Å². The fourth-order valence-corrected chi connectivity index (χ4v) is 10.9. The number of hydrogen-bond donors (Lipinski definition) is 2. The molecule has 2 aliphatic rings. The number of ether oxygens (including phenoxy) is 1. The normalized spacial score (nSPS) is 16.3. The second-order valence-corrected chi connectivity index (χ2v) is 18.0. The average Bonchev–Trinajstić information content (AvgIpc) is 3.67. The highest BCUT2D eigenvalue weighted by Gasteiger charge is 2.55. The van der Waals surface area contributed by atoms with Crippen molar-refractivity contribution in [1.29, 1.82) is 0 Å². The van der Waals surface area contributed by atoms with Crippen LogP contribution in [0.2, 0.25) is 4.34 Å². The third kappa shape index (κ3) is 8.51. The van der Waals surface area contributed by atoms with Gasteiger partial charge in [-0.25, -0.2) is 9.78 Å². The summed E-state index contributed by atoms with van der Waals surface area (Å²) >= 11 is 10.2. The summed E-state index contributed by atoms with van der Waals surface area (Å²) in [5, 5.41) is 9.93. The van der Waals surface area contributed by atoms with Gasteiger partial charge in [0.15, 0.2) is 22.1 Å². The molecule has 11 nitrogen and oxygen atoms in total. The summed E-state index contributed by atoms with van der Waals surface area (Å²) in [6.45, 7) is 1.39. The quantitative estimate of drug-likeness (QED) is 0.0359. The van der Waals surface area contributed by atoms with Crippen LogP contribution in [0.5, 0.6) is 0 Å². The number of nitrogens with one attached hydrogen (secondary N) is 2. The molecule has 0 bridgehead atoms. The number of thioether (sulfide) groups is 2. The molecule has 0 radical (unpaired) electrons. The lowest BCUT2D eigenvalue weighted by Crippen LogP contribution is -2.71. The molecule has 2 N–H and O–H groups in total. The zero-order chi connectivity index (χ0) is 43.2. The van der Waals surface area contributed by atoms with Gasteiger partial charge < -0.3 is 20.2 Å². The molecule has 8 rings (SSSR count). The maximum atomic E-state index is 14.2. The van der Waals surface area contributed by atoms with Gasteiger partial charge in [0.05, 0.1) is 0 Å². The van der Waals surface area contributed by atoms with E-state index >= 15 is 0 Å². The van der Waals surface area contributed by atoms with E-state index in [1.54, 1.807) is 0 Å². The van der Waals surface area contributed by atoms with Crippen molar-refractivity contribution in [1.82, 2.24) is 15.2 Å². The molecule has 3 heterocycles. The summed E-state index contributed by atoms with van der Waals surface area (Å²) in [5.41, 5.74) is 3.07. The molecule has 2 atom stereocenters. The number of halogens is 1. The van der Waals surface area contributed by atoms with Gasteiger partial charge in [0.1, 0.15) is 39.8 Å². The number of thiazole rings is 1. The van der Waals surface area contributed by atoms with E-state index in [1.165, 1.54) is 30.7 Å². The molecule has 5 aromatic carbocycles. The SMILES string of the molecule is CO/N=C(/C(=O)NC1C(=O)N2C(C(=O)OC(c3ccccc3)c3ccccc3)=C(SC(C)=O)CSC12)c1nc(NC(c2ccccc2)(c2ccccc2)c2ccccc2)sc1Cl. The molecule has 2 aliphatic heterocycles. The molecular weight excluding hydrogens is 862 g/mol. The molecule has 1 aromatic heterocycles. The molecule has 1 saturated heterocycles. The summed E-state index contributed by atoms with van der Waals surface area (Å²) < 4.78 is 6.33. The number of carbonyl (C=O) groups excluding carboxylic acids is 4. The largest absolute Gasteiger partial charge is 0.448 e. The van der Waals surface area contributed by atoms with E-state index in [0.717, 1.165) is 50.9 Å². The summed E-state index contributed by atoms with van der Waals surface area (Å²) in [5.74, 6) is -1.89. The Morgan fingerprint density at radius 2 is 1.32 bits per heavy atom. The Labute approximate surface area is 375 Å². The number of oxime groups is 1. The second-order valence-electron chi connectivity index (χ2n) is 14.1. The van der Waals surface area contributed by atoms with Crippen LogP contribution in [0.15, 0.2) is 167 Å². The summed E-state index contributed by atoms with van der Waals surface area (Å²) in [6.07, 6.45) is -0.797. The highest BCUT2D eigenvalue weighted by Crippen LogP contribution is 2.45. The number of carbonyl (C=O) groups is 4. The van der Waals surface area contributed by atoms with E-state index in [0.29, 0.717) is 10.0 Å². The molecule has 15 heteroatoms. The minimum Gasteiger partial charge on any atom is -0.448 e. The first-order valence-corrected chi connectivity index (χ1v) is 22.5. The van der Waals surface area contributed by atoms with Gasteiger partial charge in [0, 0.05) is 17.6 Å². The maximum absolute atomic E-state index is 14.2. The molecular formula is C47H38ClN5O6S3. The van der Waals surface area contributed by atoms with Crippen molar-refractivity contribution >= 4 is 80.2 Å². The first-order chi connectivity index (χ1) is 30.2. The molecule has 0 saturated carbocycles. The van der Waals surface area contributed by atoms with Crippen molar-refractivity contribution in [3.8, 4) is 0 Å². The van der Waals surface area contributed by atoms with E-state index in [-0.39, 0.29) is 32.3 Å². The molecule has 312 valence electrons. The van der Waals surface area contributed by atoms with E-state index in [4.69, 9.17) is 26.2 Å². The topological polar surface area (TPSA) is 139 Å². The van der Waals surface area contributed by atoms with Gasteiger partial charge >= 0.3 is 5.97 Å². The van der Waals surface area contributed by atoms with Gasteiger partial charge in [-0.05, 0) is 27.8 Å². The Balaban J connectivity index is 1.07. The van der Waals surface area contributed by atoms with Crippen molar-refractivity contribution in [2.24, 2.45) is 5.16 Å². The zero-order valence-corrected chi connectivity index (χ0v) is 36.5. The molecule has 1 fully saturated rings. The fourth-order valence-electron chi connectivity index (χ4n) is 7.52. The Morgan fingerprint density at radius 1 is 0.823 bits per heavy atom. The van der Waals surface area contributed by atoms with Crippen LogP contribution in [0.4, 0.5) is 5.13 Å². The first kappa shape index (κ1) is 42.5. The lowest BCUT2D eigenvalue weighted by molar-refractivity contribution is -0.154. The predicted octanol–water partition coefficient (Wildman–Crippen LogP) is 8.78. The van der Waals surface area contributed by atoms with Gasteiger partial charge in [-0.15, -0.1) is 11.8 Å². The highest BCUT2D eigenvalue weighted by atomic mass is 35.5. The molecule has 0 aliphatic carbocycles. The van der Waals surface area contributed by atoms with E-state index in [2.05, 4.69) is 15.8 Å². The number of benzene rings is 5. The predicted molar refractivity (Wildman–Crippen MR) is 245 cm³/mol. The van der Waals surface area contributed by atoms with Crippen molar-refractivity contribution in [3.05, 3.63) is 200 Å². The Morgan fingerprint density at radius 3 is 1.81 bits per heavy atom. The molecule has 2 unspecified atom stereocenters. The Kier molecular flexibility index (Phi) is 12.9. The second kappa shape index (κ2) is 18.8. The van der Waals surface area contributed by atoms with Crippen LogP contribution >= 0.6 is 46.5 Å². The number of β-lactam (4-membered cyclic amide) rings is 1. The number of nitrogens with zero attached hydrogens (tertiary/aromatic N) is 3. The Bertz CT molecular complexity index is 2520. The lowest BCUT2D eigenvalue weighted by Gasteiger charge is -2.49. The van der Waals surface area contributed by atoms with Crippen LogP contribution in [-0.4, -0.2) is 62.8 Å². The Hall–Kier alpha value is -6.19. The van der Waals surface area contributed by atoms with Crippen molar-refractivity contribution in [2.45, 2.75) is 30.0 Å². The summed E-state index contributed by atoms with van der Waals surface area (Å²) in [4.78, 5) is 66.5. The molecule has 2 amide bonds. The van der Waals surface area contributed by atoms with Crippen LogP contribution in [-0.2, 0) is 34.3 Å². The average molecular weight is 901 g/mol. The van der Waals surface area contributed by atoms with Crippen LogP contribution in [0.25, 0.3) is 0 Å². The monoisotopic (exact) mass is 899 g/mol. The van der Waals surface area contributed by atoms with Gasteiger partial charge in [0.2, 0.25) is 0 Å².